The number of benzene rings is 2. The number of aliphatic hydroxyl groups excluding tert-OH is 2. The first-order valence-corrected chi connectivity index (χ1v) is 12.5. The summed E-state index contributed by atoms with van der Waals surface area (Å²) in [4.78, 5) is 26.8. The van der Waals surface area contributed by atoms with Gasteiger partial charge in [0, 0.05) is 30.0 Å². The van der Waals surface area contributed by atoms with E-state index in [-0.39, 0.29) is 42.0 Å². The zero-order valence-electron chi connectivity index (χ0n) is 21.1. The molecule has 0 aromatic heterocycles. The van der Waals surface area contributed by atoms with Crippen molar-refractivity contribution in [2.24, 2.45) is 0 Å². The predicted octanol–water partition coefficient (Wildman–Crippen LogP) is 1.30. The SMILES string of the molecule is CC[C@@]1(O)C[C@H](O)c2cc3c(c(O)c2[C@H]1O[C@H]1C[C@H](NC)[C@H](O)[C@H](C)O1)C(=O)c1c(O)ccc(O)c1C3=O. The van der Waals surface area contributed by atoms with Crippen LogP contribution in [0.3, 0.4) is 0 Å². The van der Waals surface area contributed by atoms with E-state index >= 15 is 0 Å². The van der Waals surface area contributed by atoms with Gasteiger partial charge in [0.15, 0.2) is 12.1 Å². The summed E-state index contributed by atoms with van der Waals surface area (Å²) in [5, 5.41) is 68.0. The molecule has 11 nitrogen and oxygen atoms in total. The number of phenolic OH excluding ortho intramolecular Hbond substituents is 3. The zero-order valence-corrected chi connectivity index (χ0v) is 21.1. The lowest BCUT2D eigenvalue weighted by molar-refractivity contribution is -0.273. The quantitative estimate of drug-likeness (QED) is 0.242. The summed E-state index contributed by atoms with van der Waals surface area (Å²) in [6.07, 6.45) is -4.81. The smallest absolute Gasteiger partial charge is 0.202 e. The molecule has 2 aromatic rings. The molecule has 2 aliphatic carbocycles. The van der Waals surface area contributed by atoms with Crippen molar-refractivity contribution >= 4 is 11.6 Å². The van der Waals surface area contributed by atoms with Crippen LogP contribution in [0.15, 0.2) is 18.2 Å². The van der Waals surface area contributed by atoms with Crippen molar-refractivity contribution in [2.75, 3.05) is 7.05 Å². The van der Waals surface area contributed by atoms with Gasteiger partial charge in [-0.3, -0.25) is 9.59 Å². The Morgan fingerprint density at radius 1 is 1.08 bits per heavy atom. The third kappa shape index (κ3) is 3.81. The molecule has 0 amide bonds. The maximum atomic E-state index is 13.5. The molecule has 204 valence electrons. The van der Waals surface area contributed by atoms with Crippen LogP contribution in [-0.4, -0.2) is 79.4 Å². The van der Waals surface area contributed by atoms with Crippen molar-refractivity contribution in [3.63, 3.8) is 0 Å². The van der Waals surface area contributed by atoms with E-state index in [1.165, 1.54) is 6.07 Å². The molecule has 0 bridgehead atoms. The highest BCUT2D eigenvalue weighted by molar-refractivity contribution is 6.31. The number of carbonyl (C=O) groups excluding carboxylic acids is 2. The van der Waals surface area contributed by atoms with Crippen LogP contribution in [0.2, 0.25) is 0 Å². The average Bonchev–Trinajstić information content (AvgIpc) is 2.88. The van der Waals surface area contributed by atoms with E-state index in [0.29, 0.717) is 0 Å². The van der Waals surface area contributed by atoms with Crippen LogP contribution in [0.25, 0.3) is 0 Å². The molecule has 1 aliphatic heterocycles. The molecule has 1 saturated heterocycles. The van der Waals surface area contributed by atoms with Gasteiger partial charge in [0.05, 0.1) is 40.6 Å². The Hall–Kier alpha value is -3.06. The van der Waals surface area contributed by atoms with Gasteiger partial charge < -0.3 is 45.4 Å². The molecular formula is C27H31NO10. The third-order valence-electron chi connectivity index (χ3n) is 8.09. The molecule has 0 spiro atoms. The topological polar surface area (TPSA) is 186 Å². The zero-order chi connectivity index (χ0) is 27.7. The molecular weight excluding hydrogens is 498 g/mol. The van der Waals surface area contributed by atoms with Crippen LogP contribution in [0, 0.1) is 0 Å². The molecule has 3 aliphatic rings. The lowest BCUT2D eigenvalue weighted by Gasteiger charge is -2.46. The molecule has 0 radical (unpaired) electrons. The van der Waals surface area contributed by atoms with E-state index in [1.807, 2.05) is 0 Å². The third-order valence-corrected chi connectivity index (χ3v) is 8.09. The molecule has 0 unspecified atom stereocenters. The van der Waals surface area contributed by atoms with E-state index in [1.54, 1.807) is 20.9 Å². The van der Waals surface area contributed by atoms with Gasteiger partial charge in [-0.1, -0.05) is 6.92 Å². The molecule has 7 N–H and O–H groups in total. The summed E-state index contributed by atoms with van der Waals surface area (Å²) in [7, 11) is 1.68. The molecule has 0 saturated carbocycles. The number of phenols is 3. The first-order valence-electron chi connectivity index (χ1n) is 12.5. The van der Waals surface area contributed by atoms with Gasteiger partial charge in [0.2, 0.25) is 5.78 Å². The number of aromatic hydroxyl groups is 3. The van der Waals surface area contributed by atoms with Gasteiger partial charge in [-0.15, -0.1) is 0 Å². The second-order valence-corrected chi connectivity index (χ2v) is 10.2. The highest BCUT2D eigenvalue weighted by Gasteiger charge is 2.51. The fourth-order valence-electron chi connectivity index (χ4n) is 5.89. The Bertz CT molecular complexity index is 1330. The van der Waals surface area contributed by atoms with Crippen LogP contribution >= 0.6 is 0 Å². The Morgan fingerprint density at radius 2 is 1.71 bits per heavy atom. The van der Waals surface area contributed by atoms with Gasteiger partial charge in [0.1, 0.15) is 23.4 Å². The highest BCUT2D eigenvalue weighted by atomic mass is 16.7. The minimum atomic E-state index is -1.68. The van der Waals surface area contributed by atoms with E-state index in [4.69, 9.17) is 9.47 Å². The van der Waals surface area contributed by atoms with Crippen molar-refractivity contribution in [2.45, 2.75) is 75.5 Å². The minimum absolute atomic E-state index is 0.0699. The molecule has 1 heterocycles. The van der Waals surface area contributed by atoms with Crippen LogP contribution in [0.1, 0.15) is 88.3 Å². The van der Waals surface area contributed by atoms with Crippen LogP contribution in [0.4, 0.5) is 0 Å². The summed E-state index contributed by atoms with van der Waals surface area (Å²) in [6.45, 7) is 3.35. The number of likely N-dealkylation sites (N-methyl/N-ethyl adjacent to an activating group) is 1. The lowest BCUT2D eigenvalue weighted by atomic mass is 9.71. The number of hydrogen-bond donors (Lipinski definition) is 7. The van der Waals surface area contributed by atoms with Crippen LogP contribution in [0.5, 0.6) is 17.2 Å². The molecule has 5 rings (SSSR count). The predicted molar refractivity (Wildman–Crippen MR) is 131 cm³/mol. The van der Waals surface area contributed by atoms with Gasteiger partial charge in [-0.25, -0.2) is 0 Å². The van der Waals surface area contributed by atoms with E-state index in [0.717, 1.165) is 12.1 Å². The first-order chi connectivity index (χ1) is 17.9. The fraction of sp³-hybridized carbons (Fsp3) is 0.481. The normalized spacial score (nSPS) is 32.5. The number of ether oxygens (including phenoxy) is 2. The summed E-state index contributed by atoms with van der Waals surface area (Å²) >= 11 is 0. The molecule has 2 aromatic carbocycles. The van der Waals surface area contributed by atoms with Gasteiger partial charge in [-0.2, -0.15) is 0 Å². The number of nitrogens with one attached hydrogen (secondary N) is 1. The maximum Gasteiger partial charge on any atom is 0.202 e. The van der Waals surface area contributed by atoms with Crippen molar-refractivity contribution in [3.05, 3.63) is 51.6 Å². The van der Waals surface area contributed by atoms with Crippen molar-refractivity contribution in [3.8, 4) is 17.2 Å². The Balaban J connectivity index is 1.66. The summed E-state index contributed by atoms with van der Waals surface area (Å²) in [5.74, 6) is -3.43. The average molecular weight is 530 g/mol. The minimum Gasteiger partial charge on any atom is -0.507 e. The summed E-state index contributed by atoms with van der Waals surface area (Å²) in [6, 6.07) is 3.04. The van der Waals surface area contributed by atoms with Gasteiger partial charge in [0.25, 0.3) is 0 Å². The number of hydrogen-bond acceptors (Lipinski definition) is 11. The second kappa shape index (κ2) is 9.30. The number of fused-ring (bicyclic) bond motifs is 3. The standard InChI is InChI=1S/C27H31NO10/c1-4-27(36)9-16(31)11-7-12-18(25(35)21-15(30)6-5-14(29)20(21)23(12)33)24(34)19(11)26(27)38-17-8-13(28-3)22(32)10(2)37-17/h5-7,10,13,16-17,22,26,28-32,34,36H,4,8-9H2,1-3H3/t10-,13-,16-,17-,22+,26+,27+/m0/s1. The highest BCUT2D eigenvalue weighted by Crippen LogP contribution is 2.53. The van der Waals surface area contributed by atoms with E-state index < -0.39 is 81.8 Å². The van der Waals surface area contributed by atoms with Crippen molar-refractivity contribution in [1.82, 2.24) is 5.32 Å². The van der Waals surface area contributed by atoms with E-state index in [2.05, 4.69) is 5.32 Å². The number of ketones is 2. The summed E-state index contributed by atoms with van der Waals surface area (Å²) < 4.78 is 12.1. The van der Waals surface area contributed by atoms with Crippen LogP contribution < -0.4 is 5.32 Å². The molecule has 38 heavy (non-hydrogen) atoms. The fourth-order valence-corrected chi connectivity index (χ4v) is 5.89. The number of rotatable bonds is 4. The molecule has 1 fully saturated rings. The molecule has 11 heteroatoms. The van der Waals surface area contributed by atoms with Crippen molar-refractivity contribution in [1.29, 1.82) is 0 Å². The Labute approximate surface area is 218 Å². The Kier molecular flexibility index (Phi) is 6.49. The Morgan fingerprint density at radius 3 is 2.32 bits per heavy atom. The molecule has 7 atom stereocenters. The van der Waals surface area contributed by atoms with Gasteiger partial charge in [-0.05, 0) is 44.2 Å². The second-order valence-electron chi connectivity index (χ2n) is 10.2. The van der Waals surface area contributed by atoms with E-state index in [9.17, 15) is 40.2 Å². The van der Waals surface area contributed by atoms with Gasteiger partial charge >= 0.3 is 0 Å². The number of aliphatic hydroxyl groups is 3. The largest absolute Gasteiger partial charge is 0.507 e. The summed E-state index contributed by atoms with van der Waals surface area (Å²) in [5.41, 5.74) is -3.19. The number of carbonyl (C=O) groups is 2. The monoisotopic (exact) mass is 529 g/mol. The lowest BCUT2D eigenvalue weighted by Crippen LogP contribution is -2.54. The first kappa shape index (κ1) is 26.5. The maximum absolute atomic E-state index is 13.5. The van der Waals surface area contributed by atoms with Crippen molar-refractivity contribution < 1.29 is 49.7 Å². The van der Waals surface area contributed by atoms with Crippen LogP contribution in [-0.2, 0) is 9.47 Å².